The van der Waals surface area contributed by atoms with Crippen LogP contribution in [0.1, 0.15) is 5.56 Å². The number of hydrogen-bond donors (Lipinski definition) is 2. The van der Waals surface area contributed by atoms with E-state index in [9.17, 15) is 31.8 Å². The number of phenols is 2. The lowest BCUT2D eigenvalue weighted by molar-refractivity contribution is -0.0500. The molecule has 0 amide bonds. The molecule has 6 aromatic carbocycles. The third kappa shape index (κ3) is 6.28. The molecular weight excluding hydrogens is 690 g/mol. The first-order chi connectivity index (χ1) is 23.4. The topological polar surface area (TPSA) is 83.8 Å². The van der Waals surface area contributed by atoms with E-state index in [0.717, 1.165) is 36.9 Å². The Bertz CT molecular complexity index is 2620. The molecule has 246 valence electrons. The predicted molar refractivity (Wildman–Crippen MR) is 193 cm³/mol. The van der Waals surface area contributed by atoms with E-state index in [1.54, 1.807) is 47.8 Å². The van der Waals surface area contributed by atoms with E-state index in [-0.39, 0.29) is 17.2 Å². The molecule has 0 spiro atoms. The smallest absolute Gasteiger partial charge is 0.508 e. The second-order valence-corrected chi connectivity index (χ2v) is 15.0. The quantitative estimate of drug-likeness (QED) is 0.140. The largest absolute Gasteiger partial charge is 0.534 e. The molecule has 8 rings (SSSR count). The van der Waals surface area contributed by atoms with E-state index >= 15 is 0 Å². The summed E-state index contributed by atoms with van der Waals surface area (Å²) in [7, 11) is -5.73. The zero-order valence-corrected chi connectivity index (χ0v) is 28.0. The molecule has 0 saturated carbocycles. The Balaban J connectivity index is 0.000000160. The van der Waals surface area contributed by atoms with Crippen LogP contribution in [0.25, 0.3) is 62.6 Å². The standard InChI is InChI=1S/C20H13F3O3S2.C18H12O2S/c1-12-9-13(11-14(10-12)26-28(24,25)20(21,22)23)15-6-4-7-17-16-5-2-3-8-18(16)27-19(15)17;19-12-8-11(9-13(20)10-12)14-5-3-6-16-15-4-1-2-7-17(15)21-18(14)16/h2-11H,1H3;1-10,19-20H. The monoisotopic (exact) mass is 714 g/mol. The van der Waals surface area contributed by atoms with Gasteiger partial charge >= 0.3 is 15.6 Å². The Labute approximate surface area is 286 Å². The SMILES string of the molecule is Cc1cc(OS(=O)(=O)C(F)(F)F)cc(-c2cccc3c2sc2ccccc23)c1.Oc1cc(O)cc(-c2cccc3c2sc2ccccc23)c1. The van der Waals surface area contributed by atoms with Crippen molar-refractivity contribution in [1.29, 1.82) is 0 Å². The first-order valence-corrected chi connectivity index (χ1v) is 17.9. The normalized spacial score (nSPS) is 12.0. The van der Waals surface area contributed by atoms with Gasteiger partial charge in [-0.15, -0.1) is 22.7 Å². The summed E-state index contributed by atoms with van der Waals surface area (Å²) in [5.74, 6) is -0.225. The van der Waals surface area contributed by atoms with Crippen LogP contribution in [-0.2, 0) is 10.1 Å². The summed E-state index contributed by atoms with van der Waals surface area (Å²) >= 11 is 3.30. The lowest BCUT2D eigenvalue weighted by atomic mass is 10.0. The van der Waals surface area contributed by atoms with Crippen molar-refractivity contribution in [2.24, 2.45) is 0 Å². The lowest BCUT2D eigenvalue weighted by Crippen LogP contribution is -2.28. The van der Waals surface area contributed by atoms with Gasteiger partial charge in [-0.25, -0.2) is 0 Å². The highest BCUT2D eigenvalue weighted by Crippen LogP contribution is 2.42. The van der Waals surface area contributed by atoms with Crippen LogP contribution >= 0.6 is 22.7 Å². The van der Waals surface area contributed by atoms with Gasteiger partial charge in [0.15, 0.2) is 0 Å². The van der Waals surface area contributed by atoms with Crippen LogP contribution in [0.2, 0.25) is 0 Å². The average molecular weight is 715 g/mol. The number of fused-ring (bicyclic) bond motifs is 6. The van der Waals surface area contributed by atoms with Gasteiger partial charge in [-0.1, -0.05) is 78.9 Å². The highest BCUT2D eigenvalue weighted by atomic mass is 32.2. The van der Waals surface area contributed by atoms with Gasteiger partial charge in [0, 0.05) is 46.4 Å². The van der Waals surface area contributed by atoms with Crippen molar-refractivity contribution in [3.63, 3.8) is 0 Å². The minimum atomic E-state index is -5.73. The maximum atomic E-state index is 12.7. The highest BCUT2D eigenvalue weighted by molar-refractivity contribution is 7.88. The molecule has 2 heterocycles. The second-order valence-electron chi connectivity index (χ2n) is 11.3. The fraction of sp³-hybridized carbons (Fsp3) is 0.0526. The summed E-state index contributed by atoms with van der Waals surface area (Å²) in [6, 6.07) is 37.1. The van der Waals surface area contributed by atoms with Crippen LogP contribution in [0.5, 0.6) is 17.2 Å². The van der Waals surface area contributed by atoms with Crippen LogP contribution in [0.15, 0.2) is 121 Å². The van der Waals surface area contributed by atoms with Crippen molar-refractivity contribution >= 4 is 73.1 Å². The molecule has 0 aliphatic carbocycles. The molecule has 0 bridgehead atoms. The Kier molecular flexibility index (Phi) is 8.22. The van der Waals surface area contributed by atoms with Crippen molar-refractivity contribution < 1.29 is 36.0 Å². The summed E-state index contributed by atoms with van der Waals surface area (Å²) in [4.78, 5) is 0. The van der Waals surface area contributed by atoms with Crippen LogP contribution < -0.4 is 4.18 Å². The number of alkyl halides is 3. The summed E-state index contributed by atoms with van der Waals surface area (Å²) in [5, 5.41) is 24.0. The third-order valence-electron chi connectivity index (χ3n) is 7.87. The molecule has 2 aromatic heterocycles. The highest BCUT2D eigenvalue weighted by Gasteiger charge is 2.48. The van der Waals surface area contributed by atoms with Crippen LogP contribution in [-0.4, -0.2) is 24.1 Å². The van der Waals surface area contributed by atoms with Gasteiger partial charge in [0.2, 0.25) is 0 Å². The number of rotatable bonds is 4. The van der Waals surface area contributed by atoms with Gasteiger partial charge in [-0.3, -0.25) is 0 Å². The summed E-state index contributed by atoms with van der Waals surface area (Å²) in [6.45, 7) is 1.67. The van der Waals surface area contributed by atoms with Gasteiger partial charge < -0.3 is 14.4 Å². The first kappa shape index (κ1) is 32.4. The van der Waals surface area contributed by atoms with Gasteiger partial charge in [0.05, 0.1) is 0 Å². The molecule has 5 nitrogen and oxygen atoms in total. The fourth-order valence-electron chi connectivity index (χ4n) is 5.83. The van der Waals surface area contributed by atoms with Gasteiger partial charge in [-0.2, -0.15) is 21.6 Å². The minimum Gasteiger partial charge on any atom is -0.508 e. The number of benzene rings is 6. The van der Waals surface area contributed by atoms with Crippen molar-refractivity contribution in [3.8, 4) is 39.5 Å². The minimum absolute atomic E-state index is 0.0723. The van der Waals surface area contributed by atoms with E-state index in [1.807, 2.05) is 66.7 Å². The third-order valence-corrected chi connectivity index (χ3v) is 11.3. The molecule has 2 N–H and O–H groups in total. The fourth-order valence-corrected chi connectivity index (χ4v) is 8.75. The van der Waals surface area contributed by atoms with Crippen molar-refractivity contribution in [1.82, 2.24) is 0 Å². The molecule has 0 aliphatic heterocycles. The van der Waals surface area contributed by atoms with Crippen LogP contribution in [0.3, 0.4) is 0 Å². The molecule has 8 aromatic rings. The van der Waals surface area contributed by atoms with E-state index < -0.39 is 15.6 Å². The number of aromatic hydroxyl groups is 2. The lowest BCUT2D eigenvalue weighted by Gasteiger charge is -2.12. The maximum absolute atomic E-state index is 12.7. The maximum Gasteiger partial charge on any atom is 0.534 e. The number of aryl methyl sites for hydroxylation is 1. The number of halogens is 3. The summed E-state index contributed by atoms with van der Waals surface area (Å²) < 4.78 is 69.5. The van der Waals surface area contributed by atoms with Crippen LogP contribution in [0, 0.1) is 6.92 Å². The molecule has 11 heteroatoms. The van der Waals surface area contributed by atoms with E-state index in [1.165, 1.54) is 38.4 Å². The Hall–Kier alpha value is -5.10. The Morgan fingerprint density at radius 1 is 0.592 bits per heavy atom. The van der Waals surface area contributed by atoms with Crippen molar-refractivity contribution in [2.75, 3.05) is 0 Å². The molecule has 0 fully saturated rings. The summed E-state index contributed by atoms with van der Waals surface area (Å²) in [5.41, 5.74) is -1.66. The van der Waals surface area contributed by atoms with Crippen molar-refractivity contribution in [3.05, 3.63) is 127 Å². The number of hydrogen-bond acceptors (Lipinski definition) is 7. The summed E-state index contributed by atoms with van der Waals surface area (Å²) in [6.07, 6.45) is 0. The second kappa shape index (κ2) is 12.4. The molecule has 0 unspecified atom stereocenters. The van der Waals surface area contributed by atoms with Crippen molar-refractivity contribution in [2.45, 2.75) is 12.4 Å². The zero-order chi connectivity index (χ0) is 34.5. The predicted octanol–water partition coefficient (Wildman–Crippen LogP) is 11.4. The van der Waals surface area contributed by atoms with Gasteiger partial charge in [0.25, 0.3) is 0 Å². The zero-order valence-electron chi connectivity index (χ0n) is 25.5. The average Bonchev–Trinajstić information content (AvgIpc) is 3.62. The van der Waals surface area contributed by atoms with E-state index in [2.05, 4.69) is 22.4 Å². The number of phenolic OH excluding ortho intramolecular Hbond substituents is 2. The van der Waals surface area contributed by atoms with Gasteiger partial charge in [0.1, 0.15) is 17.2 Å². The van der Waals surface area contributed by atoms with Gasteiger partial charge in [-0.05, 0) is 71.1 Å². The molecule has 0 aliphatic rings. The van der Waals surface area contributed by atoms with E-state index in [0.29, 0.717) is 11.1 Å². The van der Waals surface area contributed by atoms with Crippen LogP contribution in [0.4, 0.5) is 13.2 Å². The first-order valence-electron chi connectivity index (χ1n) is 14.8. The van der Waals surface area contributed by atoms with E-state index in [4.69, 9.17) is 0 Å². The Morgan fingerprint density at radius 2 is 1.06 bits per heavy atom. The molecule has 0 saturated heterocycles. The molecule has 49 heavy (non-hydrogen) atoms. The Morgan fingerprint density at radius 3 is 1.57 bits per heavy atom. The number of thiophene rings is 2. The molecular formula is C38H25F3O5S3. The molecule has 0 radical (unpaired) electrons. The molecule has 0 atom stereocenters.